The van der Waals surface area contributed by atoms with Crippen LogP contribution in [0.25, 0.3) is 10.2 Å². The first kappa shape index (κ1) is 13.8. The Bertz CT molecular complexity index is 570. The van der Waals surface area contributed by atoms with Crippen LogP contribution in [0.4, 0.5) is 0 Å². The van der Waals surface area contributed by atoms with Crippen LogP contribution in [0.3, 0.4) is 0 Å². The quantitative estimate of drug-likeness (QED) is 0.460. The van der Waals surface area contributed by atoms with Crippen molar-refractivity contribution in [3.05, 3.63) is 29.3 Å². The molecule has 0 spiro atoms. The molecule has 0 aliphatic rings. The Kier molecular flexibility index (Phi) is 4.36. The molecule has 0 saturated carbocycles. The summed E-state index contributed by atoms with van der Waals surface area (Å²) < 4.78 is 10.6. The molecule has 1 aromatic carbocycles. The van der Waals surface area contributed by atoms with E-state index in [9.17, 15) is 9.59 Å². The van der Waals surface area contributed by atoms with Crippen LogP contribution in [0.2, 0.25) is 0 Å². The van der Waals surface area contributed by atoms with Gasteiger partial charge >= 0.3 is 0 Å². The summed E-state index contributed by atoms with van der Waals surface area (Å²) in [5.74, 6) is -0.723. The van der Waals surface area contributed by atoms with Gasteiger partial charge in [-0.2, -0.15) is 0 Å². The van der Waals surface area contributed by atoms with Gasteiger partial charge in [0.2, 0.25) is 6.29 Å². The van der Waals surface area contributed by atoms with E-state index in [2.05, 4.69) is 4.98 Å². The molecule has 0 radical (unpaired) electrons. The second-order valence-corrected chi connectivity index (χ2v) is 4.89. The lowest BCUT2D eigenvalue weighted by atomic mass is 10.2. The average Bonchev–Trinajstić information content (AvgIpc) is 2.84. The molecular weight excluding hydrogens is 266 g/mol. The number of methoxy groups -OCH3 is 2. The van der Waals surface area contributed by atoms with Crippen LogP contribution in [0, 0.1) is 0 Å². The lowest BCUT2D eigenvalue weighted by Crippen LogP contribution is -2.26. The minimum absolute atomic E-state index is 0.272. The summed E-state index contributed by atoms with van der Waals surface area (Å²) in [6, 6.07) is 7.45. The molecule has 0 N–H and O–H groups in total. The van der Waals surface area contributed by atoms with Crippen molar-refractivity contribution in [2.45, 2.75) is 12.7 Å². The van der Waals surface area contributed by atoms with Crippen molar-refractivity contribution >= 4 is 33.1 Å². The van der Waals surface area contributed by atoms with Crippen LogP contribution in [-0.4, -0.2) is 37.1 Å². The molecule has 19 heavy (non-hydrogen) atoms. The molecule has 0 unspecified atom stereocenters. The fourth-order valence-corrected chi connectivity index (χ4v) is 2.57. The van der Waals surface area contributed by atoms with Crippen molar-refractivity contribution in [2.24, 2.45) is 0 Å². The summed E-state index contributed by atoms with van der Waals surface area (Å²) in [7, 11) is 2.71. The number of ketones is 2. The molecule has 1 aromatic heterocycles. The highest BCUT2D eigenvalue weighted by molar-refractivity contribution is 7.20. The van der Waals surface area contributed by atoms with Crippen LogP contribution in [0.1, 0.15) is 16.2 Å². The zero-order valence-corrected chi connectivity index (χ0v) is 11.4. The van der Waals surface area contributed by atoms with Crippen LogP contribution in [0.5, 0.6) is 0 Å². The highest BCUT2D eigenvalue weighted by Crippen LogP contribution is 2.22. The van der Waals surface area contributed by atoms with E-state index in [-0.39, 0.29) is 12.2 Å². The Hall–Kier alpha value is -1.63. The van der Waals surface area contributed by atoms with Gasteiger partial charge in [0.15, 0.2) is 16.6 Å². The van der Waals surface area contributed by atoms with E-state index >= 15 is 0 Å². The van der Waals surface area contributed by atoms with E-state index in [0.29, 0.717) is 5.01 Å². The van der Waals surface area contributed by atoms with E-state index in [1.807, 2.05) is 24.3 Å². The lowest BCUT2D eigenvalue weighted by Gasteiger charge is -2.10. The lowest BCUT2D eigenvalue weighted by molar-refractivity contribution is -0.155. The fraction of sp³-hybridized carbons (Fsp3) is 0.308. The minimum atomic E-state index is -1.00. The summed E-state index contributed by atoms with van der Waals surface area (Å²) >= 11 is 1.28. The summed E-state index contributed by atoms with van der Waals surface area (Å²) in [4.78, 5) is 27.9. The molecule has 0 bridgehead atoms. The fourth-order valence-electron chi connectivity index (χ4n) is 1.67. The minimum Gasteiger partial charge on any atom is -0.349 e. The number of rotatable bonds is 6. The maximum atomic E-state index is 12.0. The number of carbonyl (C=O) groups is 2. The first-order valence-electron chi connectivity index (χ1n) is 5.62. The number of hydrogen-bond acceptors (Lipinski definition) is 6. The van der Waals surface area contributed by atoms with Gasteiger partial charge in [0.05, 0.1) is 16.6 Å². The van der Waals surface area contributed by atoms with E-state index in [0.717, 1.165) is 10.2 Å². The van der Waals surface area contributed by atoms with Gasteiger partial charge in [0.1, 0.15) is 0 Å². The summed E-state index contributed by atoms with van der Waals surface area (Å²) in [5, 5.41) is 0.334. The van der Waals surface area contributed by atoms with Crippen molar-refractivity contribution in [2.75, 3.05) is 14.2 Å². The van der Waals surface area contributed by atoms with Crippen molar-refractivity contribution in [3.8, 4) is 0 Å². The molecule has 100 valence electrons. The number of nitrogens with zero attached hydrogens (tertiary/aromatic N) is 1. The summed E-state index contributed by atoms with van der Waals surface area (Å²) in [6.45, 7) is 0. The molecule has 2 aromatic rings. The van der Waals surface area contributed by atoms with Gasteiger partial charge in [0, 0.05) is 14.2 Å². The average molecular weight is 279 g/mol. The van der Waals surface area contributed by atoms with Crippen molar-refractivity contribution < 1.29 is 19.1 Å². The maximum Gasteiger partial charge on any atom is 0.217 e. The van der Waals surface area contributed by atoms with Gasteiger partial charge in [-0.15, -0.1) is 11.3 Å². The number of carbonyl (C=O) groups excluding carboxylic acids is 2. The van der Waals surface area contributed by atoms with Crippen molar-refractivity contribution in [1.29, 1.82) is 0 Å². The third-order valence-corrected chi connectivity index (χ3v) is 3.64. The van der Waals surface area contributed by atoms with Gasteiger partial charge in [-0.25, -0.2) is 4.98 Å². The van der Waals surface area contributed by atoms with Crippen LogP contribution >= 0.6 is 11.3 Å². The number of aromatic nitrogens is 1. The second-order valence-electron chi connectivity index (χ2n) is 3.86. The van der Waals surface area contributed by atoms with E-state index in [4.69, 9.17) is 9.47 Å². The molecule has 1 heterocycles. The smallest absolute Gasteiger partial charge is 0.217 e. The van der Waals surface area contributed by atoms with Gasteiger partial charge in [-0.05, 0) is 12.1 Å². The Labute approximate surface area is 114 Å². The normalized spacial score (nSPS) is 11.1. The Morgan fingerprint density at radius 2 is 1.95 bits per heavy atom. The van der Waals surface area contributed by atoms with Gasteiger partial charge < -0.3 is 9.47 Å². The van der Waals surface area contributed by atoms with Crippen molar-refractivity contribution in [1.82, 2.24) is 4.98 Å². The van der Waals surface area contributed by atoms with Crippen molar-refractivity contribution in [3.63, 3.8) is 0 Å². The molecule has 0 saturated heterocycles. The number of Topliss-reactive ketones (excluding diaryl/α,β-unsaturated/α-hetero) is 2. The van der Waals surface area contributed by atoms with Gasteiger partial charge in [-0.1, -0.05) is 12.1 Å². The molecule has 2 rings (SSSR count). The summed E-state index contributed by atoms with van der Waals surface area (Å²) in [6.07, 6.45) is -1.27. The molecule has 0 atom stereocenters. The van der Waals surface area contributed by atoms with E-state index < -0.39 is 12.1 Å². The van der Waals surface area contributed by atoms with E-state index in [1.165, 1.54) is 25.6 Å². The van der Waals surface area contributed by atoms with Gasteiger partial charge in [-0.3, -0.25) is 9.59 Å². The number of hydrogen-bond donors (Lipinski definition) is 0. The highest BCUT2D eigenvalue weighted by atomic mass is 32.1. The number of benzene rings is 1. The number of ether oxygens (including phenoxy) is 2. The SMILES string of the molecule is COC(OC)C(=O)CC(=O)c1nc2ccccc2s1. The summed E-state index contributed by atoms with van der Waals surface area (Å²) in [5.41, 5.74) is 0.762. The zero-order chi connectivity index (χ0) is 13.8. The first-order valence-corrected chi connectivity index (χ1v) is 6.44. The predicted molar refractivity (Wildman–Crippen MR) is 71.4 cm³/mol. The number of para-hydroxylation sites is 1. The topological polar surface area (TPSA) is 65.5 Å². The third kappa shape index (κ3) is 3.04. The number of thiazole rings is 1. The molecule has 5 nitrogen and oxygen atoms in total. The predicted octanol–water partition coefficient (Wildman–Crippen LogP) is 2.06. The molecule has 0 amide bonds. The van der Waals surface area contributed by atoms with Crippen LogP contribution in [-0.2, 0) is 14.3 Å². The Balaban J connectivity index is 2.13. The Morgan fingerprint density at radius 1 is 1.26 bits per heavy atom. The Morgan fingerprint density at radius 3 is 2.58 bits per heavy atom. The second kappa shape index (κ2) is 6.01. The third-order valence-electron chi connectivity index (χ3n) is 2.56. The van der Waals surface area contributed by atoms with E-state index in [1.54, 1.807) is 0 Å². The van der Waals surface area contributed by atoms with Crippen LogP contribution < -0.4 is 0 Å². The standard InChI is InChI=1S/C13H13NO4S/c1-17-13(18-2)10(16)7-9(15)12-14-8-5-3-4-6-11(8)19-12/h3-6,13H,7H2,1-2H3. The molecule has 0 aliphatic heterocycles. The molecule has 0 aliphatic carbocycles. The molecular formula is C13H13NO4S. The zero-order valence-electron chi connectivity index (χ0n) is 10.6. The maximum absolute atomic E-state index is 12.0. The number of fused-ring (bicyclic) bond motifs is 1. The first-order chi connectivity index (χ1) is 9.15. The van der Waals surface area contributed by atoms with Crippen LogP contribution in [0.15, 0.2) is 24.3 Å². The molecule has 6 heteroatoms. The largest absolute Gasteiger partial charge is 0.349 e. The van der Waals surface area contributed by atoms with Gasteiger partial charge in [0.25, 0.3) is 0 Å². The molecule has 0 fully saturated rings. The monoisotopic (exact) mass is 279 g/mol. The highest BCUT2D eigenvalue weighted by Gasteiger charge is 2.22.